The monoisotopic (exact) mass is 715 g/mol. The number of pyridine rings is 1. The molecule has 0 spiro atoms. The molecule has 264 valence electrons. The van der Waals surface area contributed by atoms with E-state index >= 15 is 0 Å². The Bertz CT molecular complexity index is 3280. The predicted molar refractivity (Wildman–Crippen MR) is 236 cm³/mol. The van der Waals surface area contributed by atoms with Gasteiger partial charge in [0, 0.05) is 21.9 Å². The fourth-order valence-electron chi connectivity index (χ4n) is 9.62. The second-order valence-electron chi connectivity index (χ2n) is 15.6. The number of para-hydroxylation sites is 1. The summed E-state index contributed by atoms with van der Waals surface area (Å²) in [5.74, 6) is 0. The highest BCUT2D eigenvalue weighted by Gasteiger charge is 2.37. The summed E-state index contributed by atoms with van der Waals surface area (Å²) in [7, 11) is 0. The van der Waals surface area contributed by atoms with Gasteiger partial charge in [-0.3, -0.25) is 9.36 Å². The topological polar surface area (TPSA) is 22.0 Å². The van der Waals surface area contributed by atoms with Crippen molar-refractivity contribution in [1.29, 1.82) is 0 Å². The van der Waals surface area contributed by atoms with Crippen molar-refractivity contribution in [3.63, 3.8) is 0 Å². The Kier molecular flexibility index (Phi) is 7.09. The van der Waals surface area contributed by atoms with E-state index < -0.39 is 0 Å². The van der Waals surface area contributed by atoms with E-state index in [1.165, 1.54) is 66.1 Å². The Labute approximate surface area is 325 Å². The van der Waals surface area contributed by atoms with Crippen LogP contribution in [-0.2, 0) is 5.41 Å². The van der Waals surface area contributed by atoms with Gasteiger partial charge in [0.15, 0.2) is 0 Å². The van der Waals surface area contributed by atoms with E-state index in [1.54, 1.807) is 0 Å². The van der Waals surface area contributed by atoms with Crippen LogP contribution < -0.4 is 5.56 Å². The first-order valence-corrected chi connectivity index (χ1v) is 19.4. The van der Waals surface area contributed by atoms with Crippen LogP contribution in [0.4, 0.5) is 0 Å². The van der Waals surface area contributed by atoms with Gasteiger partial charge in [0.05, 0.1) is 5.52 Å². The number of nitrogens with zero attached hydrogens (tertiary/aromatic N) is 1. The smallest absolute Gasteiger partial charge is 0.263 e. The van der Waals surface area contributed by atoms with Crippen LogP contribution in [0.25, 0.3) is 93.4 Å². The van der Waals surface area contributed by atoms with E-state index in [0.717, 1.165) is 33.1 Å². The number of rotatable bonds is 4. The third-order valence-corrected chi connectivity index (χ3v) is 12.2. The minimum atomic E-state index is -0.101. The zero-order valence-corrected chi connectivity index (χ0v) is 31.3. The van der Waals surface area contributed by atoms with Crippen molar-refractivity contribution < 1.29 is 0 Å². The van der Waals surface area contributed by atoms with Crippen LogP contribution in [0.2, 0.25) is 0 Å². The molecule has 10 aromatic rings. The first kappa shape index (κ1) is 32.4. The normalized spacial score (nSPS) is 13.0. The highest BCUT2D eigenvalue weighted by atomic mass is 16.1. The molecule has 0 aliphatic heterocycles. The molecule has 9 aromatic carbocycles. The van der Waals surface area contributed by atoms with E-state index in [1.807, 2.05) is 53.1 Å². The number of benzene rings is 9. The summed E-state index contributed by atoms with van der Waals surface area (Å²) >= 11 is 0. The van der Waals surface area contributed by atoms with Gasteiger partial charge in [-0.15, -0.1) is 0 Å². The van der Waals surface area contributed by atoms with Gasteiger partial charge in [-0.05, 0) is 119 Å². The maximum Gasteiger partial charge on any atom is 0.263 e. The maximum atomic E-state index is 14.0. The Morgan fingerprint density at radius 3 is 1.70 bits per heavy atom. The molecule has 0 atom stereocenters. The average molecular weight is 716 g/mol. The fourth-order valence-corrected chi connectivity index (χ4v) is 9.62. The quantitative estimate of drug-likeness (QED) is 0.131. The first-order valence-electron chi connectivity index (χ1n) is 19.4. The van der Waals surface area contributed by atoms with Crippen LogP contribution >= 0.6 is 0 Å². The molecule has 0 amide bonds. The SMILES string of the molecule is CC1(C)c2ccccc2-c2c(-c3c4ccccc4c(-c4ccccc4)c4cc(-c5ccc6c(c5)c5ccccc5c(=O)n6-c5ccccc5)ccc34)cccc21. The van der Waals surface area contributed by atoms with Crippen molar-refractivity contribution in [2.45, 2.75) is 19.3 Å². The zero-order chi connectivity index (χ0) is 37.5. The summed E-state index contributed by atoms with van der Waals surface area (Å²) in [6.45, 7) is 4.71. The standard InChI is InChI=1S/C54H37NO/c1-54(2)47-26-14-13-24-43(47)52-44(25-15-27-48(52)54)51-40-22-11-10-21-39(40)50(34-16-5-3-6-17-34)46-33-35(28-30-41(46)51)36-29-31-49-45(32-36)38-20-9-12-23-42(38)53(56)55(49)37-18-7-4-8-19-37/h3-33H,1-2H3. The third-order valence-electron chi connectivity index (χ3n) is 12.2. The highest BCUT2D eigenvalue weighted by molar-refractivity contribution is 6.23. The molecule has 0 radical (unpaired) electrons. The van der Waals surface area contributed by atoms with Gasteiger partial charge in [0.2, 0.25) is 0 Å². The minimum Gasteiger partial charge on any atom is -0.276 e. The number of hydrogen-bond acceptors (Lipinski definition) is 1. The summed E-state index contributed by atoms with van der Waals surface area (Å²) in [6, 6.07) is 67.1. The predicted octanol–water partition coefficient (Wildman–Crippen LogP) is 13.8. The van der Waals surface area contributed by atoms with Gasteiger partial charge < -0.3 is 0 Å². The number of aromatic nitrogens is 1. The molecule has 0 N–H and O–H groups in total. The van der Waals surface area contributed by atoms with Crippen LogP contribution in [0.1, 0.15) is 25.0 Å². The lowest BCUT2D eigenvalue weighted by Crippen LogP contribution is -2.19. The van der Waals surface area contributed by atoms with Gasteiger partial charge >= 0.3 is 0 Å². The molecule has 1 heterocycles. The molecule has 56 heavy (non-hydrogen) atoms. The second kappa shape index (κ2) is 12.2. The van der Waals surface area contributed by atoms with Gasteiger partial charge in [-0.1, -0.05) is 166 Å². The van der Waals surface area contributed by atoms with Crippen molar-refractivity contribution in [3.05, 3.63) is 210 Å². The summed E-state index contributed by atoms with van der Waals surface area (Å²) in [4.78, 5) is 14.0. The van der Waals surface area contributed by atoms with E-state index in [2.05, 4.69) is 153 Å². The second-order valence-corrected chi connectivity index (χ2v) is 15.6. The van der Waals surface area contributed by atoms with Crippen molar-refractivity contribution in [2.24, 2.45) is 0 Å². The van der Waals surface area contributed by atoms with Crippen LogP contribution in [0, 0.1) is 0 Å². The van der Waals surface area contributed by atoms with Gasteiger partial charge in [-0.2, -0.15) is 0 Å². The zero-order valence-electron chi connectivity index (χ0n) is 31.3. The number of hydrogen-bond donors (Lipinski definition) is 0. The first-order chi connectivity index (χ1) is 27.5. The highest BCUT2D eigenvalue weighted by Crippen LogP contribution is 2.54. The van der Waals surface area contributed by atoms with Crippen LogP contribution in [0.5, 0.6) is 0 Å². The van der Waals surface area contributed by atoms with Crippen LogP contribution in [0.3, 0.4) is 0 Å². The minimum absolute atomic E-state index is 0.0110. The Balaban J connectivity index is 1.22. The van der Waals surface area contributed by atoms with Crippen molar-refractivity contribution >= 4 is 43.2 Å². The maximum absolute atomic E-state index is 14.0. The average Bonchev–Trinajstić information content (AvgIpc) is 3.49. The molecule has 1 aliphatic rings. The molecule has 0 unspecified atom stereocenters. The van der Waals surface area contributed by atoms with E-state index in [-0.39, 0.29) is 11.0 Å². The summed E-state index contributed by atoms with van der Waals surface area (Å²) in [6.07, 6.45) is 0. The summed E-state index contributed by atoms with van der Waals surface area (Å²) < 4.78 is 1.85. The molecule has 2 nitrogen and oxygen atoms in total. The lowest BCUT2D eigenvalue weighted by Gasteiger charge is -2.23. The molecule has 0 saturated heterocycles. The fraction of sp³-hybridized carbons (Fsp3) is 0.0556. The Morgan fingerprint density at radius 1 is 0.375 bits per heavy atom. The molecule has 0 saturated carbocycles. The lowest BCUT2D eigenvalue weighted by atomic mass is 9.80. The van der Waals surface area contributed by atoms with E-state index in [9.17, 15) is 4.79 Å². The molecule has 2 heteroatoms. The Hall–Kier alpha value is -7.03. The van der Waals surface area contributed by atoms with E-state index in [4.69, 9.17) is 0 Å². The van der Waals surface area contributed by atoms with Gasteiger partial charge in [-0.25, -0.2) is 0 Å². The summed E-state index contributed by atoms with van der Waals surface area (Å²) in [5, 5.41) is 7.64. The van der Waals surface area contributed by atoms with Crippen LogP contribution in [0.15, 0.2) is 193 Å². The summed E-state index contributed by atoms with van der Waals surface area (Å²) in [5.41, 5.74) is 14.2. The molecule has 0 bridgehead atoms. The van der Waals surface area contributed by atoms with Crippen molar-refractivity contribution in [2.75, 3.05) is 0 Å². The van der Waals surface area contributed by atoms with Gasteiger partial charge in [0.1, 0.15) is 0 Å². The van der Waals surface area contributed by atoms with Gasteiger partial charge in [0.25, 0.3) is 5.56 Å². The molecular formula is C54H37NO. The largest absolute Gasteiger partial charge is 0.276 e. The molecular weight excluding hydrogens is 679 g/mol. The van der Waals surface area contributed by atoms with Crippen LogP contribution in [-0.4, -0.2) is 4.57 Å². The molecule has 1 aliphatic carbocycles. The lowest BCUT2D eigenvalue weighted by molar-refractivity contribution is 0.660. The van der Waals surface area contributed by atoms with E-state index in [0.29, 0.717) is 5.39 Å². The molecule has 11 rings (SSSR count). The van der Waals surface area contributed by atoms with Crippen molar-refractivity contribution in [3.8, 4) is 50.2 Å². The van der Waals surface area contributed by atoms with Crippen molar-refractivity contribution in [1.82, 2.24) is 4.57 Å². The molecule has 0 fully saturated rings. The Morgan fingerprint density at radius 2 is 0.929 bits per heavy atom. The number of fused-ring (bicyclic) bond motifs is 8. The third kappa shape index (κ3) is 4.66. The molecule has 1 aromatic heterocycles.